The first-order valence-corrected chi connectivity index (χ1v) is 6.56. The van der Waals surface area contributed by atoms with Gasteiger partial charge < -0.3 is 25.2 Å². The summed E-state index contributed by atoms with van der Waals surface area (Å²) in [5, 5.41) is 39.4. The van der Waals surface area contributed by atoms with E-state index in [1.54, 1.807) is 0 Å². The second-order valence-electron chi connectivity index (χ2n) is 5.02. The Morgan fingerprint density at radius 3 is 2.23 bits per heavy atom. The van der Waals surface area contributed by atoms with Gasteiger partial charge in [0.15, 0.2) is 11.5 Å². The number of carbonyl (C=O) groups excluding carboxylic acids is 2. The van der Waals surface area contributed by atoms with Crippen LogP contribution in [-0.4, -0.2) is 45.2 Å². The number of methoxy groups -OCH3 is 1. The number of hydrogen-bond acceptors (Lipinski definition) is 7. The van der Waals surface area contributed by atoms with Gasteiger partial charge in [-0.15, -0.1) is 0 Å². The third-order valence-corrected chi connectivity index (χ3v) is 3.50. The predicted octanol–water partition coefficient (Wildman–Crippen LogP) is 0.423. The predicted molar refractivity (Wildman–Crippen MR) is 74.8 cm³/mol. The van der Waals surface area contributed by atoms with E-state index in [2.05, 4.69) is 0 Å². The Morgan fingerprint density at radius 1 is 1.14 bits per heavy atom. The minimum atomic E-state index is -0.888. The maximum atomic E-state index is 12.3. The number of Topliss-reactive ketones (excluding diaryl/α,β-unsaturated/α-hetero) is 1. The van der Waals surface area contributed by atoms with Gasteiger partial charge in [-0.05, 0) is 6.92 Å². The molecule has 0 bridgehead atoms. The van der Waals surface area contributed by atoms with Gasteiger partial charge in [-0.1, -0.05) is 0 Å². The average Bonchev–Trinajstić information content (AvgIpc) is 2.46. The monoisotopic (exact) mass is 308 g/mol. The zero-order valence-electron chi connectivity index (χ0n) is 12.1. The molecule has 4 N–H and O–H groups in total. The summed E-state index contributed by atoms with van der Waals surface area (Å²) in [7, 11) is 1.21. The van der Waals surface area contributed by atoms with E-state index >= 15 is 0 Å². The van der Waals surface area contributed by atoms with E-state index in [0.717, 1.165) is 6.08 Å². The van der Waals surface area contributed by atoms with Gasteiger partial charge in [-0.3, -0.25) is 9.59 Å². The number of benzene rings is 1. The largest absolute Gasteiger partial charge is 0.507 e. The van der Waals surface area contributed by atoms with Gasteiger partial charge in [0.1, 0.15) is 11.5 Å². The summed E-state index contributed by atoms with van der Waals surface area (Å²) in [5.41, 5.74) is -0.823. The summed E-state index contributed by atoms with van der Waals surface area (Å²) in [5.74, 6) is -2.83. The molecule has 0 saturated heterocycles. The number of hydrogen-bond donors (Lipinski definition) is 4. The van der Waals surface area contributed by atoms with E-state index in [1.807, 2.05) is 0 Å². The Hall–Kier alpha value is -2.38. The number of phenols is 2. The average molecular weight is 308 g/mol. The van der Waals surface area contributed by atoms with Crippen LogP contribution in [0.2, 0.25) is 0 Å². The Balaban J connectivity index is 2.81. The molecule has 1 aliphatic carbocycles. The fraction of sp³-hybridized carbons (Fsp3) is 0.333. The highest BCUT2D eigenvalue weighted by atomic mass is 16.5. The smallest absolute Gasteiger partial charge is 0.232 e. The summed E-state index contributed by atoms with van der Waals surface area (Å²) in [4.78, 5) is 24.3. The van der Waals surface area contributed by atoms with Crippen molar-refractivity contribution in [3.05, 3.63) is 34.1 Å². The Kier molecular flexibility index (Phi) is 4.20. The molecule has 0 heterocycles. The fourth-order valence-electron chi connectivity index (χ4n) is 2.50. The number of aliphatic hydroxyl groups excluding tert-OH is 2. The fourth-order valence-corrected chi connectivity index (χ4v) is 2.50. The van der Waals surface area contributed by atoms with Crippen LogP contribution in [0.3, 0.4) is 0 Å². The van der Waals surface area contributed by atoms with Crippen LogP contribution >= 0.6 is 0 Å². The molecule has 0 aromatic heterocycles. The van der Waals surface area contributed by atoms with Crippen molar-refractivity contribution in [1.29, 1.82) is 0 Å². The number of allylic oxidation sites excluding steroid dienone is 2. The van der Waals surface area contributed by atoms with E-state index in [9.17, 15) is 30.0 Å². The lowest BCUT2D eigenvalue weighted by atomic mass is 9.85. The molecule has 0 aliphatic heterocycles. The van der Waals surface area contributed by atoms with Crippen LogP contribution in [0.25, 0.3) is 0 Å². The standard InChI is InChI=1S/C15H16O7/c1-6(17)3-7-8(5-16)14(20)11-9(18)4-10(22-2)15(21)12(11)13(7)19/h4,6,16-17,19-20H,3,5H2,1-2H3. The van der Waals surface area contributed by atoms with Crippen LogP contribution in [-0.2, 0) is 17.8 Å². The number of aromatic hydroxyl groups is 2. The number of phenolic OH excluding ortho intramolecular Hbond substituents is 1. The number of aliphatic hydroxyl groups is 2. The molecule has 1 aromatic carbocycles. The molecule has 118 valence electrons. The molecule has 2 rings (SSSR count). The zero-order chi connectivity index (χ0) is 16.6. The third kappa shape index (κ3) is 2.34. The van der Waals surface area contributed by atoms with Gasteiger partial charge in [0.2, 0.25) is 5.78 Å². The molecule has 1 atom stereocenters. The van der Waals surface area contributed by atoms with E-state index in [-0.39, 0.29) is 34.4 Å². The topological polar surface area (TPSA) is 124 Å². The molecule has 0 spiro atoms. The first-order valence-electron chi connectivity index (χ1n) is 6.56. The summed E-state index contributed by atoms with van der Waals surface area (Å²) in [6, 6.07) is 0. The lowest BCUT2D eigenvalue weighted by Crippen LogP contribution is -2.21. The molecule has 0 fully saturated rings. The van der Waals surface area contributed by atoms with Crippen LogP contribution in [0.4, 0.5) is 0 Å². The van der Waals surface area contributed by atoms with Crippen LogP contribution in [0.15, 0.2) is 11.8 Å². The minimum absolute atomic E-state index is 0.0206. The van der Waals surface area contributed by atoms with Crippen molar-refractivity contribution in [3.8, 4) is 11.5 Å². The van der Waals surface area contributed by atoms with Crippen LogP contribution in [0.1, 0.15) is 38.8 Å². The van der Waals surface area contributed by atoms with E-state index < -0.39 is 35.8 Å². The van der Waals surface area contributed by atoms with Crippen molar-refractivity contribution in [2.45, 2.75) is 26.1 Å². The first-order chi connectivity index (χ1) is 10.3. The normalized spacial score (nSPS) is 15.4. The molecule has 0 radical (unpaired) electrons. The van der Waals surface area contributed by atoms with Gasteiger partial charge >= 0.3 is 0 Å². The highest BCUT2D eigenvalue weighted by Crippen LogP contribution is 2.41. The highest BCUT2D eigenvalue weighted by molar-refractivity contribution is 6.26. The molecule has 0 saturated carbocycles. The van der Waals surface area contributed by atoms with Crippen LogP contribution in [0.5, 0.6) is 11.5 Å². The van der Waals surface area contributed by atoms with Gasteiger partial charge in [0.25, 0.3) is 0 Å². The van der Waals surface area contributed by atoms with Gasteiger partial charge in [-0.25, -0.2) is 0 Å². The molecular weight excluding hydrogens is 292 g/mol. The van der Waals surface area contributed by atoms with Crippen molar-refractivity contribution in [3.63, 3.8) is 0 Å². The lowest BCUT2D eigenvalue weighted by Gasteiger charge is -2.22. The maximum Gasteiger partial charge on any atom is 0.232 e. The number of ketones is 2. The highest BCUT2D eigenvalue weighted by Gasteiger charge is 2.35. The second-order valence-corrected chi connectivity index (χ2v) is 5.02. The Bertz CT molecular complexity index is 686. The molecular formula is C15H16O7. The molecule has 1 aliphatic rings. The first kappa shape index (κ1) is 16.0. The SMILES string of the molecule is COC1=CC(=O)c2c(O)c(CO)c(CC(C)O)c(O)c2C1=O. The van der Waals surface area contributed by atoms with E-state index in [0.29, 0.717) is 0 Å². The Morgan fingerprint density at radius 2 is 1.73 bits per heavy atom. The third-order valence-electron chi connectivity index (χ3n) is 3.50. The number of rotatable bonds is 4. The number of ether oxygens (including phenoxy) is 1. The molecule has 1 aromatic rings. The molecule has 7 nitrogen and oxygen atoms in total. The molecule has 7 heteroatoms. The van der Waals surface area contributed by atoms with Crippen LogP contribution < -0.4 is 0 Å². The van der Waals surface area contributed by atoms with E-state index in [4.69, 9.17) is 4.74 Å². The summed E-state index contributed by atoms with van der Waals surface area (Å²) >= 11 is 0. The molecule has 1 unspecified atom stereocenters. The lowest BCUT2D eigenvalue weighted by molar-refractivity contribution is 0.0911. The van der Waals surface area contributed by atoms with Gasteiger partial charge in [-0.2, -0.15) is 0 Å². The quantitative estimate of drug-likeness (QED) is 0.594. The van der Waals surface area contributed by atoms with Crippen molar-refractivity contribution in [2.75, 3.05) is 7.11 Å². The zero-order valence-corrected chi connectivity index (χ0v) is 12.1. The molecule has 0 amide bonds. The van der Waals surface area contributed by atoms with Gasteiger partial charge in [0, 0.05) is 23.6 Å². The van der Waals surface area contributed by atoms with Crippen molar-refractivity contribution >= 4 is 11.6 Å². The van der Waals surface area contributed by atoms with Gasteiger partial charge in [0.05, 0.1) is 30.9 Å². The van der Waals surface area contributed by atoms with Crippen molar-refractivity contribution < 1.29 is 34.8 Å². The van der Waals surface area contributed by atoms with Crippen LogP contribution in [0, 0.1) is 0 Å². The van der Waals surface area contributed by atoms with E-state index in [1.165, 1.54) is 14.0 Å². The summed E-state index contributed by atoms with van der Waals surface area (Å²) in [6.07, 6.45) is -0.0736. The Labute approximate surface area is 126 Å². The van der Waals surface area contributed by atoms with Crippen molar-refractivity contribution in [1.82, 2.24) is 0 Å². The summed E-state index contributed by atoms with van der Waals surface area (Å²) < 4.78 is 4.80. The van der Waals surface area contributed by atoms with Crippen molar-refractivity contribution in [2.24, 2.45) is 0 Å². The minimum Gasteiger partial charge on any atom is -0.507 e. The molecule has 22 heavy (non-hydrogen) atoms. The maximum absolute atomic E-state index is 12.3. The second kappa shape index (κ2) is 5.78. The number of fused-ring (bicyclic) bond motifs is 1. The number of carbonyl (C=O) groups is 2. The summed E-state index contributed by atoms with van der Waals surface area (Å²) in [6.45, 7) is 0.793.